The molecule has 1 atom stereocenters. The lowest BCUT2D eigenvalue weighted by molar-refractivity contribution is -0.123. The topological polar surface area (TPSA) is 29.1 Å². The Bertz CT molecular complexity index is 346. The third kappa shape index (κ3) is 1.69. The van der Waals surface area contributed by atoms with E-state index < -0.39 is 0 Å². The van der Waals surface area contributed by atoms with E-state index in [4.69, 9.17) is 0 Å². The first-order valence-electron chi connectivity index (χ1n) is 4.92. The highest BCUT2D eigenvalue weighted by Crippen LogP contribution is 2.33. The van der Waals surface area contributed by atoms with Crippen LogP contribution in [-0.2, 0) is 10.2 Å². The maximum absolute atomic E-state index is 11.1. The van der Waals surface area contributed by atoms with Gasteiger partial charge in [0.1, 0.15) is 0 Å². The van der Waals surface area contributed by atoms with Gasteiger partial charge in [0.25, 0.3) is 0 Å². The van der Waals surface area contributed by atoms with Crippen molar-refractivity contribution in [1.29, 1.82) is 0 Å². The summed E-state index contributed by atoms with van der Waals surface area (Å²) in [5.41, 5.74) is 1.53. The van der Waals surface area contributed by atoms with E-state index in [1.54, 1.807) is 11.3 Å². The molecule has 1 fully saturated rings. The number of hydrogen-bond acceptors (Lipinski definition) is 2. The van der Waals surface area contributed by atoms with Crippen LogP contribution < -0.4 is 5.32 Å². The van der Waals surface area contributed by atoms with Gasteiger partial charge in [-0.3, -0.25) is 4.79 Å². The van der Waals surface area contributed by atoms with Crippen molar-refractivity contribution in [2.75, 3.05) is 6.54 Å². The van der Waals surface area contributed by atoms with Crippen LogP contribution in [0.5, 0.6) is 0 Å². The molecule has 1 saturated heterocycles. The molecule has 0 aliphatic carbocycles. The third-order valence-electron chi connectivity index (χ3n) is 3.01. The number of nitrogens with one attached hydrogen (secondary N) is 1. The first-order chi connectivity index (χ1) is 6.60. The standard InChI is InChI=1S/C11H15NOS/c1-8-5-9(6-14-8)11(2)4-3-10(13)12-7-11/h5-6H,3-4,7H2,1-2H3,(H,12,13). The first kappa shape index (κ1) is 9.71. The van der Waals surface area contributed by atoms with Crippen LogP contribution in [0.2, 0.25) is 0 Å². The normalized spacial score (nSPS) is 27.4. The van der Waals surface area contributed by atoms with Gasteiger partial charge in [-0.2, -0.15) is 0 Å². The van der Waals surface area contributed by atoms with Gasteiger partial charge in [-0.25, -0.2) is 0 Å². The van der Waals surface area contributed by atoms with Gasteiger partial charge in [0.2, 0.25) is 5.91 Å². The van der Waals surface area contributed by atoms with Crippen LogP contribution in [-0.4, -0.2) is 12.5 Å². The third-order valence-corrected chi connectivity index (χ3v) is 3.87. The fourth-order valence-corrected chi connectivity index (χ4v) is 2.73. The summed E-state index contributed by atoms with van der Waals surface area (Å²) in [6, 6.07) is 2.24. The average molecular weight is 209 g/mol. The molecule has 2 heterocycles. The van der Waals surface area contributed by atoms with Gasteiger partial charge in [-0.05, 0) is 30.4 Å². The molecule has 0 saturated carbocycles. The van der Waals surface area contributed by atoms with E-state index in [0.717, 1.165) is 13.0 Å². The molecular formula is C11H15NOS. The highest BCUT2D eigenvalue weighted by Gasteiger charge is 2.32. The minimum Gasteiger partial charge on any atom is -0.355 e. The molecule has 0 aromatic carbocycles. The van der Waals surface area contributed by atoms with Crippen LogP contribution in [0.1, 0.15) is 30.2 Å². The summed E-state index contributed by atoms with van der Waals surface area (Å²) in [7, 11) is 0. The lowest BCUT2D eigenvalue weighted by Crippen LogP contribution is -2.44. The van der Waals surface area contributed by atoms with Gasteiger partial charge < -0.3 is 5.32 Å². The first-order valence-corrected chi connectivity index (χ1v) is 5.80. The van der Waals surface area contributed by atoms with Crippen molar-refractivity contribution in [3.05, 3.63) is 21.9 Å². The Morgan fingerprint density at radius 1 is 1.57 bits per heavy atom. The van der Waals surface area contributed by atoms with E-state index in [0.29, 0.717) is 6.42 Å². The van der Waals surface area contributed by atoms with Crippen LogP contribution >= 0.6 is 11.3 Å². The lowest BCUT2D eigenvalue weighted by atomic mass is 9.77. The van der Waals surface area contributed by atoms with E-state index in [1.165, 1.54) is 10.4 Å². The van der Waals surface area contributed by atoms with Crippen LogP contribution in [0.4, 0.5) is 0 Å². The van der Waals surface area contributed by atoms with Crippen molar-refractivity contribution >= 4 is 17.2 Å². The minimum absolute atomic E-state index is 0.151. The number of rotatable bonds is 1. The minimum atomic E-state index is 0.151. The van der Waals surface area contributed by atoms with Gasteiger partial charge in [-0.1, -0.05) is 6.92 Å². The predicted molar refractivity (Wildman–Crippen MR) is 58.7 cm³/mol. The second kappa shape index (κ2) is 3.39. The molecule has 76 valence electrons. The van der Waals surface area contributed by atoms with E-state index in [2.05, 4.69) is 30.6 Å². The Morgan fingerprint density at radius 3 is 2.86 bits per heavy atom. The molecular weight excluding hydrogens is 194 g/mol. The Balaban J connectivity index is 2.20. The average Bonchev–Trinajstić information content (AvgIpc) is 2.58. The lowest BCUT2D eigenvalue weighted by Gasteiger charge is -2.33. The maximum atomic E-state index is 11.1. The van der Waals surface area contributed by atoms with Gasteiger partial charge in [0.15, 0.2) is 0 Å². The SMILES string of the molecule is Cc1cc(C2(C)CCC(=O)NC2)cs1. The fraction of sp³-hybridized carbons (Fsp3) is 0.545. The predicted octanol–water partition coefficient (Wildman–Crippen LogP) is 2.22. The summed E-state index contributed by atoms with van der Waals surface area (Å²) in [5, 5.41) is 5.16. The van der Waals surface area contributed by atoms with Gasteiger partial charge in [0, 0.05) is 23.3 Å². The molecule has 1 aromatic rings. The van der Waals surface area contributed by atoms with Crippen LogP contribution in [0.15, 0.2) is 11.4 Å². The summed E-state index contributed by atoms with van der Waals surface area (Å²) >= 11 is 1.78. The number of aryl methyl sites for hydroxylation is 1. The van der Waals surface area contributed by atoms with Gasteiger partial charge >= 0.3 is 0 Å². The number of carbonyl (C=O) groups is 1. The van der Waals surface area contributed by atoms with Crippen molar-refractivity contribution < 1.29 is 4.79 Å². The largest absolute Gasteiger partial charge is 0.355 e. The summed E-state index contributed by atoms with van der Waals surface area (Å²) in [6.07, 6.45) is 1.63. The number of thiophene rings is 1. The molecule has 1 N–H and O–H groups in total. The maximum Gasteiger partial charge on any atom is 0.220 e. The summed E-state index contributed by atoms with van der Waals surface area (Å²) in [4.78, 5) is 12.4. The molecule has 0 spiro atoms. The Morgan fingerprint density at radius 2 is 2.36 bits per heavy atom. The molecule has 1 amide bonds. The fourth-order valence-electron chi connectivity index (χ4n) is 1.87. The Kier molecular flexibility index (Phi) is 2.35. The summed E-state index contributed by atoms with van der Waals surface area (Å²) in [5.74, 6) is 0.189. The zero-order chi connectivity index (χ0) is 10.2. The smallest absolute Gasteiger partial charge is 0.220 e. The van der Waals surface area contributed by atoms with Crippen molar-refractivity contribution in [2.45, 2.75) is 32.1 Å². The molecule has 0 radical (unpaired) electrons. The van der Waals surface area contributed by atoms with E-state index in [1.807, 2.05) is 0 Å². The number of carbonyl (C=O) groups excluding carboxylic acids is 1. The van der Waals surface area contributed by atoms with Crippen molar-refractivity contribution in [3.63, 3.8) is 0 Å². The zero-order valence-corrected chi connectivity index (χ0v) is 9.41. The monoisotopic (exact) mass is 209 g/mol. The van der Waals surface area contributed by atoms with Gasteiger partial charge in [-0.15, -0.1) is 11.3 Å². The number of amides is 1. The van der Waals surface area contributed by atoms with Crippen LogP contribution in [0.3, 0.4) is 0 Å². The highest BCUT2D eigenvalue weighted by atomic mass is 32.1. The molecule has 2 nitrogen and oxygen atoms in total. The van der Waals surface area contributed by atoms with Crippen LogP contribution in [0.25, 0.3) is 0 Å². The molecule has 2 rings (SSSR count). The molecule has 1 aliphatic heterocycles. The molecule has 3 heteroatoms. The Labute approximate surface area is 88.3 Å². The summed E-state index contributed by atoms with van der Waals surface area (Å²) < 4.78 is 0. The molecule has 1 unspecified atom stereocenters. The van der Waals surface area contributed by atoms with Crippen molar-refractivity contribution in [1.82, 2.24) is 5.32 Å². The quantitative estimate of drug-likeness (QED) is 0.755. The van der Waals surface area contributed by atoms with E-state index >= 15 is 0 Å². The molecule has 1 aromatic heterocycles. The summed E-state index contributed by atoms with van der Waals surface area (Å²) in [6.45, 7) is 5.13. The number of hydrogen-bond donors (Lipinski definition) is 1. The van der Waals surface area contributed by atoms with E-state index in [-0.39, 0.29) is 11.3 Å². The molecule has 0 bridgehead atoms. The van der Waals surface area contributed by atoms with Crippen molar-refractivity contribution in [3.8, 4) is 0 Å². The Hall–Kier alpha value is -0.830. The highest BCUT2D eigenvalue weighted by molar-refractivity contribution is 7.10. The second-order valence-corrected chi connectivity index (χ2v) is 5.40. The van der Waals surface area contributed by atoms with Crippen molar-refractivity contribution in [2.24, 2.45) is 0 Å². The zero-order valence-electron chi connectivity index (χ0n) is 8.59. The number of piperidine rings is 1. The van der Waals surface area contributed by atoms with Gasteiger partial charge in [0.05, 0.1) is 0 Å². The molecule has 1 aliphatic rings. The second-order valence-electron chi connectivity index (χ2n) is 4.28. The molecule has 14 heavy (non-hydrogen) atoms. The van der Waals surface area contributed by atoms with E-state index in [9.17, 15) is 4.79 Å². The van der Waals surface area contributed by atoms with Crippen LogP contribution in [0, 0.1) is 6.92 Å².